The van der Waals surface area contributed by atoms with Gasteiger partial charge in [0.2, 0.25) is 0 Å². The van der Waals surface area contributed by atoms with Crippen molar-refractivity contribution in [2.45, 2.75) is 90.6 Å². The van der Waals surface area contributed by atoms with Crippen LogP contribution in [0.15, 0.2) is 4.99 Å². The Kier molecular flexibility index (Phi) is 9.25. The Bertz CT molecular complexity index is 625. The first-order valence-electron chi connectivity index (χ1n) is 11.9. The van der Waals surface area contributed by atoms with Gasteiger partial charge in [0.1, 0.15) is 11.6 Å². The first kappa shape index (κ1) is 22.1. The molecule has 7 heteroatoms. The van der Waals surface area contributed by atoms with Gasteiger partial charge < -0.3 is 20.1 Å². The Morgan fingerprint density at radius 1 is 1.07 bits per heavy atom. The van der Waals surface area contributed by atoms with Gasteiger partial charge in [0.05, 0.1) is 0 Å². The summed E-state index contributed by atoms with van der Waals surface area (Å²) in [5, 5.41) is 15.7. The van der Waals surface area contributed by atoms with E-state index in [2.05, 4.69) is 44.1 Å². The van der Waals surface area contributed by atoms with Crippen LogP contribution in [-0.4, -0.2) is 64.4 Å². The molecule has 0 radical (unpaired) electrons. The maximum Gasteiger partial charge on any atom is 0.191 e. The number of piperidine rings is 1. The Hall–Kier alpha value is -1.63. The SMILES string of the molecule is CCNC(=NCCCc1nnc2n1CCCCC2)NCCCN1CCCCC1C. The summed E-state index contributed by atoms with van der Waals surface area (Å²) in [7, 11) is 0. The van der Waals surface area contributed by atoms with Gasteiger partial charge in [-0.25, -0.2) is 0 Å². The largest absolute Gasteiger partial charge is 0.357 e. The van der Waals surface area contributed by atoms with E-state index in [9.17, 15) is 0 Å². The highest BCUT2D eigenvalue weighted by Crippen LogP contribution is 2.16. The van der Waals surface area contributed by atoms with E-state index < -0.39 is 0 Å². The summed E-state index contributed by atoms with van der Waals surface area (Å²) in [5.41, 5.74) is 0. The number of hydrogen-bond acceptors (Lipinski definition) is 4. The number of aliphatic imine (C=N–C) groups is 1. The zero-order valence-corrected chi connectivity index (χ0v) is 18.6. The molecule has 1 saturated heterocycles. The van der Waals surface area contributed by atoms with E-state index in [1.54, 1.807) is 0 Å². The number of aryl methyl sites for hydroxylation is 2. The minimum Gasteiger partial charge on any atom is -0.357 e. The van der Waals surface area contributed by atoms with Gasteiger partial charge in [0, 0.05) is 51.6 Å². The average Bonchev–Trinajstić information content (AvgIpc) is 2.95. The maximum absolute atomic E-state index is 4.77. The number of nitrogens with zero attached hydrogens (tertiary/aromatic N) is 5. The monoisotopic (exact) mass is 403 g/mol. The second-order valence-corrected chi connectivity index (χ2v) is 8.52. The summed E-state index contributed by atoms with van der Waals surface area (Å²) in [4.78, 5) is 7.40. The van der Waals surface area contributed by atoms with Gasteiger partial charge in [0.25, 0.3) is 0 Å². The zero-order valence-electron chi connectivity index (χ0n) is 18.6. The lowest BCUT2D eigenvalue weighted by Crippen LogP contribution is -2.41. The minimum atomic E-state index is 0.748. The predicted octanol–water partition coefficient (Wildman–Crippen LogP) is 2.76. The first-order valence-corrected chi connectivity index (χ1v) is 11.9. The van der Waals surface area contributed by atoms with Crippen LogP contribution in [0.25, 0.3) is 0 Å². The molecule has 2 aliphatic rings. The third-order valence-corrected chi connectivity index (χ3v) is 6.21. The van der Waals surface area contributed by atoms with Gasteiger partial charge in [-0.2, -0.15) is 0 Å². The van der Waals surface area contributed by atoms with Gasteiger partial charge >= 0.3 is 0 Å². The van der Waals surface area contributed by atoms with Crippen molar-refractivity contribution in [3.05, 3.63) is 11.6 Å². The number of guanidine groups is 1. The highest BCUT2D eigenvalue weighted by Gasteiger charge is 2.17. The number of nitrogens with one attached hydrogen (secondary N) is 2. The normalized spacial score (nSPS) is 20.9. The Balaban J connectivity index is 1.37. The summed E-state index contributed by atoms with van der Waals surface area (Å²) in [6.45, 7) is 10.7. The van der Waals surface area contributed by atoms with E-state index in [0.717, 1.165) is 63.3 Å². The average molecular weight is 404 g/mol. The highest BCUT2D eigenvalue weighted by molar-refractivity contribution is 5.79. The molecule has 1 unspecified atom stereocenters. The Morgan fingerprint density at radius 3 is 2.83 bits per heavy atom. The highest BCUT2D eigenvalue weighted by atomic mass is 15.3. The molecule has 1 aromatic heterocycles. The van der Waals surface area contributed by atoms with Crippen molar-refractivity contribution in [3.8, 4) is 0 Å². The van der Waals surface area contributed by atoms with Crippen molar-refractivity contribution in [1.82, 2.24) is 30.3 Å². The number of likely N-dealkylation sites (tertiary alicyclic amines) is 1. The first-order chi connectivity index (χ1) is 14.3. The maximum atomic E-state index is 4.77. The van der Waals surface area contributed by atoms with Crippen molar-refractivity contribution in [2.75, 3.05) is 32.7 Å². The van der Waals surface area contributed by atoms with Crippen molar-refractivity contribution in [1.29, 1.82) is 0 Å². The second kappa shape index (κ2) is 12.2. The number of fused-ring (bicyclic) bond motifs is 1. The molecule has 1 aromatic rings. The van der Waals surface area contributed by atoms with Crippen LogP contribution >= 0.6 is 0 Å². The van der Waals surface area contributed by atoms with Crippen LogP contribution < -0.4 is 10.6 Å². The Morgan fingerprint density at radius 2 is 1.97 bits per heavy atom. The summed E-state index contributed by atoms with van der Waals surface area (Å²) < 4.78 is 2.35. The van der Waals surface area contributed by atoms with Gasteiger partial charge in [-0.05, 0) is 58.9 Å². The van der Waals surface area contributed by atoms with E-state index in [-0.39, 0.29) is 0 Å². The van der Waals surface area contributed by atoms with Crippen LogP contribution in [0.3, 0.4) is 0 Å². The molecule has 3 rings (SSSR count). The zero-order chi connectivity index (χ0) is 20.3. The molecule has 29 heavy (non-hydrogen) atoms. The molecule has 0 bridgehead atoms. The van der Waals surface area contributed by atoms with E-state index in [1.165, 1.54) is 63.9 Å². The summed E-state index contributed by atoms with van der Waals surface area (Å²) in [6.07, 6.45) is 12.1. The molecule has 2 aliphatic heterocycles. The fourth-order valence-corrected chi connectivity index (χ4v) is 4.48. The third kappa shape index (κ3) is 6.98. The second-order valence-electron chi connectivity index (χ2n) is 8.52. The molecule has 164 valence electrons. The molecule has 3 heterocycles. The van der Waals surface area contributed by atoms with Crippen LogP contribution in [0.4, 0.5) is 0 Å². The van der Waals surface area contributed by atoms with Gasteiger partial charge in [-0.3, -0.25) is 4.99 Å². The molecule has 1 fully saturated rings. The van der Waals surface area contributed by atoms with Crippen molar-refractivity contribution >= 4 is 5.96 Å². The molecule has 0 aromatic carbocycles. The number of rotatable bonds is 9. The Labute approximate surface area is 176 Å². The molecule has 2 N–H and O–H groups in total. The fourth-order valence-electron chi connectivity index (χ4n) is 4.48. The topological polar surface area (TPSA) is 70.4 Å². The van der Waals surface area contributed by atoms with Crippen LogP contribution in [0.1, 0.15) is 76.9 Å². The van der Waals surface area contributed by atoms with Crippen molar-refractivity contribution in [3.63, 3.8) is 0 Å². The summed E-state index contributed by atoms with van der Waals surface area (Å²) in [6, 6.07) is 0.748. The molecule has 0 spiro atoms. The van der Waals surface area contributed by atoms with Gasteiger partial charge in [-0.1, -0.05) is 12.8 Å². The van der Waals surface area contributed by atoms with Crippen LogP contribution in [0, 0.1) is 0 Å². The van der Waals surface area contributed by atoms with Crippen LogP contribution in [0.2, 0.25) is 0 Å². The fraction of sp³-hybridized carbons (Fsp3) is 0.864. The lowest BCUT2D eigenvalue weighted by Gasteiger charge is -2.33. The summed E-state index contributed by atoms with van der Waals surface area (Å²) >= 11 is 0. The van der Waals surface area contributed by atoms with Crippen molar-refractivity contribution < 1.29 is 0 Å². The lowest BCUT2D eigenvalue weighted by atomic mass is 10.0. The standard InChI is InChI=1S/C22H41N7/c1-3-23-22(25-15-10-17-28-16-8-6-11-19(28)2)24-14-9-13-21-27-26-20-12-5-4-7-18-29(20)21/h19H,3-18H2,1-2H3,(H2,23,24,25). The molecule has 1 atom stereocenters. The molecule has 0 aliphatic carbocycles. The van der Waals surface area contributed by atoms with E-state index in [1.807, 2.05) is 0 Å². The van der Waals surface area contributed by atoms with Crippen LogP contribution in [0.5, 0.6) is 0 Å². The molecule has 0 saturated carbocycles. The quantitative estimate of drug-likeness (QED) is 0.377. The summed E-state index contributed by atoms with van der Waals surface area (Å²) in [5.74, 6) is 3.27. The minimum absolute atomic E-state index is 0.748. The molecule has 7 nitrogen and oxygen atoms in total. The van der Waals surface area contributed by atoms with Crippen LogP contribution in [-0.2, 0) is 19.4 Å². The number of hydrogen-bond donors (Lipinski definition) is 2. The number of aromatic nitrogens is 3. The van der Waals surface area contributed by atoms with Gasteiger partial charge in [0.15, 0.2) is 5.96 Å². The lowest BCUT2D eigenvalue weighted by molar-refractivity contribution is 0.159. The van der Waals surface area contributed by atoms with Crippen molar-refractivity contribution in [2.24, 2.45) is 4.99 Å². The smallest absolute Gasteiger partial charge is 0.191 e. The van der Waals surface area contributed by atoms with Gasteiger partial charge in [-0.15, -0.1) is 10.2 Å². The molecular formula is C22H41N7. The third-order valence-electron chi connectivity index (χ3n) is 6.21. The predicted molar refractivity (Wildman–Crippen MR) is 119 cm³/mol. The molecule has 0 amide bonds. The van der Waals surface area contributed by atoms with E-state index in [0.29, 0.717) is 0 Å². The molecular weight excluding hydrogens is 362 g/mol. The van der Waals surface area contributed by atoms with E-state index in [4.69, 9.17) is 4.99 Å². The van der Waals surface area contributed by atoms with E-state index >= 15 is 0 Å².